The number of aromatic nitrogens is 2. The first-order valence-corrected chi connectivity index (χ1v) is 11.8. The molecule has 0 spiro atoms. The maximum absolute atomic E-state index is 13.6. The van der Waals surface area contributed by atoms with Crippen LogP contribution in [0.2, 0.25) is 5.02 Å². The van der Waals surface area contributed by atoms with Gasteiger partial charge in [0.25, 0.3) is 0 Å². The number of carboxylic acid groups (broad SMARTS) is 1. The maximum atomic E-state index is 13.6. The van der Waals surface area contributed by atoms with Crippen LogP contribution in [0.4, 0.5) is 21.6 Å². The Kier molecular flexibility index (Phi) is 7.99. The van der Waals surface area contributed by atoms with Gasteiger partial charge in [-0.05, 0) is 31.2 Å². The van der Waals surface area contributed by atoms with Gasteiger partial charge in [0.2, 0.25) is 0 Å². The van der Waals surface area contributed by atoms with Gasteiger partial charge in [-0.15, -0.1) is 0 Å². The second-order valence-electron chi connectivity index (χ2n) is 8.19. The van der Waals surface area contributed by atoms with E-state index in [4.69, 9.17) is 21.4 Å². The Morgan fingerprint density at radius 3 is 2.57 bits per heavy atom. The number of halogens is 2. The lowest BCUT2D eigenvalue weighted by molar-refractivity contribution is -0.145. The van der Waals surface area contributed by atoms with Crippen LogP contribution in [-0.4, -0.2) is 82.0 Å². The Balaban J connectivity index is 1.56. The van der Waals surface area contributed by atoms with Gasteiger partial charge in [0.15, 0.2) is 0 Å². The van der Waals surface area contributed by atoms with Crippen LogP contribution in [0.25, 0.3) is 10.9 Å². The summed E-state index contributed by atoms with van der Waals surface area (Å²) in [5.74, 6) is -2.41. The van der Waals surface area contributed by atoms with Crippen LogP contribution in [0.1, 0.15) is 6.92 Å². The van der Waals surface area contributed by atoms with Gasteiger partial charge in [-0.25, -0.2) is 14.4 Å². The zero-order valence-electron chi connectivity index (χ0n) is 19.8. The van der Waals surface area contributed by atoms with Crippen LogP contribution < -0.4 is 15.4 Å². The highest BCUT2D eigenvalue weighted by atomic mass is 35.5. The molecular weight excluding hydrogens is 507 g/mol. The summed E-state index contributed by atoms with van der Waals surface area (Å²) in [6.07, 6.45) is 1.34. The standard InChI is InChI=1S/C24H24ClFN6O5/c1-2-37-20-11-18-15(22(28-13-27-18)29-14-3-4-17(26)16(25)9-14)10-19(20)30-23(35)24(36)32-7-5-31(6-8-32)12-21(33)34/h3-4,9-11,13H,2,5-8,12H2,1H3,(H,30,35)(H,33,34)(H,27,28,29). The number of carboxylic acids is 1. The van der Waals surface area contributed by atoms with E-state index in [1.807, 2.05) is 0 Å². The Labute approximate surface area is 216 Å². The number of benzene rings is 2. The summed E-state index contributed by atoms with van der Waals surface area (Å²) in [6, 6.07) is 7.34. The van der Waals surface area contributed by atoms with E-state index in [9.17, 15) is 18.8 Å². The molecule has 0 atom stereocenters. The fraction of sp³-hybridized carbons (Fsp3) is 0.292. The molecule has 1 aliphatic heterocycles. The number of aliphatic carboxylic acids is 1. The van der Waals surface area contributed by atoms with Crippen LogP contribution in [0, 0.1) is 5.82 Å². The number of piperazine rings is 1. The predicted octanol–water partition coefficient (Wildman–Crippen LogP) is 2.73. The number of fused-ring (bicyclic) bond motifs is 1. The Bertz CT molecular complexity index is 1350. The maximum Gasteiger partial charge on any atom is 0.317 e. The molecule has 194 valence electrons. The average Bonchev–Trinajstić information content (AvgIpc) is 2.87. The van der Waals surface area contributed by atoms with E-state index in [0.29, 0.717) is 47.9 Å². The van der Waals surface area contributed by atoms with E-state index < -0.39 is 23.6 Å². The van der Waals surface area contributed by atoms with Crippen molar-refractivity contribution in [2.45, 2.75) is 6.92 Å². The molecule has 2 amide bonds. The molecule has 4 rings (SSSR count). The van der Waals surface area contributed by atoms with E-state index in [0.717, 1.165) is 0 Å². The molecule has 0 radical (unpaired) electrons. The summed E-state index contributed by atoms with van der Waals surface area (Å²) in [5, 5.41) is 15.1. The monoisotopic (exact) mass is 530 g/mol. The third-order valence-corrected chi connectivity index (χ3v) is 5.97. The third kappa shape index (κ3) is 6.22. The number of carbonyl (C=O) groups excluding carboxylic acids is 2. The molecule has 3 aromatic rings. The molecule has 2 heterocycles. The van der Waals surface area contributed by atoms with Crippen molar-refractivity contribution >= 4 is 57.5 Å². The Morgan fingerprint density at radius 1 is 1.14 bits per heavy atom. The lowest BCUT2D eigenvalue weighted by Crippen LogP contribution is -2.52. The van der Waals surface area contributed by atoms with Crippen LogP contribution in [0.15, 0.2) is 36.7 Å². The molecule has 13 heteroatoms. The minimum Gasteiger partial charge on any atom is -0.492 e. The molecular formula is C24H24ClFN6O5. The van der Waals surface area contributed by atoms with Gasteiger partial charge >= 0.3 is 17.8 Å². The number of nitrogens with one attached hydrogen (secondary N) is 2. The second kappa shape index (κ2) is 11.4. The van der Waals surface area contributed by atoms with Crippen molar-refractivity contribution in [3.63, 3.8) is 0 Å². The SMILES string of the molecule is CCOc1cc2ncnc(Nc3ccc(F)c(Cl)c3)c2cc1NC(=O)C(=O)N1CCN(CC(=O)O)CC1. The lowest BCUT2D eigenvalue weighted by atomic mass is 10.1. The molecule has 37 heavy (non-hydrogen) atoms. The summed E-state index contributed by atoms with van der Waals surface area (Å²) in [4.78, 5) is 48.1. The zero-order valence-corrected chi connectivity index (χ0v) is 20.6. The minimum absolute atomic E-state index is 0.0581. The van der Waals surface area contributed by atoms with Gasteiger partial charge in [-0.2, -0.15) is 0 Å². The lowest BCUT2D eigenvalue weighted by Gasteiger charge is -2.33. The minimum atomic E-state index is -0.947. The summed E-state index contributed by atoms with van der Waals surface area (Å²) in [5.41, 5.74) is 1.24. The van der Waals surface area contributed by atoms with Crippen LogP contribution in [0.3, 0.4) is 0 Å². The number of amides is 2. The molecule has 1 aliphatic rings. The first-order valence-electron chi connectivity index (χ1n) is 11.4. The first-order chi connectivity index (χ1) is 17.7. The number of carbonyl (C=O) groups is 3. The average molecular weight is 531 g/mol. The van der Waals surface area contributed by atoms with Gasteiger partial charge in [0, 0.05) is 43.3 Å². The second-order valence-corrected chi connectivity index (χ2v) is 8.60. The molecule has 0 unspecified atom stereocenters. The van der Waals surface area contributed by atoms with Crippen molar-refractivity contribution in [2.75, 3.05) is 50.0 Å². The summed E-state index contributed by atoms with van der Waals surface area (Å²) in [6.45, 7) is 3.14. The van der Waals surface area contributed by atoms with Crippen molar-refractivity contribution in [3.05, 3.63) is 47.5 Å². The van der Waals surface area contributed by atoms with Gasteiger partial charge in [-0.3, -0.25) is 19.3 Å². The van der Waals surface area contributed by atoms with E-state index >= 15 is 0 Å². The van der Waals surface area contributed by atoms with Crippen LogP contribution >= 0.6 is 11.6 Å². The highest BCUT2D eigenvalue weighted by molar-refractivity contribution is 6.39. The molecule has 1 saturated heterocycles. The molecule has 0 bridgehead atoms. The molecule has 1 fully saturated rings. The fourth-order valence-corrected chi connectivity index (χ4v) is 4.07. The summed E-state index contributed by atoms with van der Waals surface area (Å²) in [7, 11) is 0. The summed E-state index contributed by atoms with van der Waals surface area (Å²) < 4.78 is 19.2. The normalized spacial score (nSPS) is 13.9. The first kappa shape index (κ1) is 26.0. The topological polar surface area (TPSA) is 137 Å². The Hall–Kier alpha value is -4.03. The number of ether oxygens (including phenoxy) is 1. The molecule has 0 aliphatic carbocycles. The number of nitrogens with zero attached hydrogens (tertiary/aromatic N) is 4. The van der Waals surface area contributed by atoms with E-state index in [-0.39, 0.29) is 30.3 Å². The van der Waals surface area contributed by atoms with Crippen molar-refractivity contribution in [2.24, 2.45) is 0 Å². The molecule has 0 saturated carbocycles. The molecule has 2 aromatic carbocycles. The van der Waals surface area contributed by atoms with E-state index in [1.165, 1.54) is 29.4 Å². The predicted molar refractivity (Wildman–Crippen MR) is 135 cm³/mol. The number of rotatable bonds is 7. The molecule has 3 N–H and O–H groups in total. The van der Waals surface area contributed by atoms with Crippen molar-refractivity contribution in [1.29, 1.82) is 0 Å². The summed E-state index contributed by atoms with van der Waals surface area (Å²) >= 11 is 5.88. The van der Waals surface area contributed by atoms with Crippen LogP contribution in [0.5, 0.6) is 5.75 Å². The zero-order chi connectivity index (χ0) is 26.5. The van der Waals surface area contributed by atoms with Gasteiger partial charge in [0.1, 0.15) is 23.7 Å². The number of hydrogen-bond acceptors (Lipinski definition) is 8. The molecule has 11 nitrogen and oxygen atoms in total. The van der Waals surface area contributed by atoms with E-state index in [1.54, 1.807) is 24.0 Å². The highest BCUT2D eigenvalue weighted by Crippen LogP contribution is 2.34. The third-order valence-electron chi connectivity index (χ3n) is 5.68. The highest BCUT2D eigenvalue weighted by Gasteiger charge is 2.27. The van der Waals surface area contributed by atoms with Gasteiger partial charge in [0.05, 0.1) is 29.4 Å². The van der Waals surface area contributed by atoms with Gasteiger partial charge < -0.3 is 25.4 Å². The Morgan fingerprint density at radius 2 is 1.89 bits per heavy atom. The number of anilines is 3. The van der Waals surface area contributed by atoms with Gasteiger partial charge in [-0.1, -0.05) is 11.6 Å². The quantitative estimate of drug-likeness (QED) is 0.394. The number of hydrogen-bond donors (Lipinski definition) is 3. The van der Waals surface area contributed by atoms with Crippen molar-refractivity contribution < 1.29 is 28.6 Å². The van der Waals surface area contributed by atoms with Crippen molar-refractivity contribution in [3.8, 4) is 5.75 Å². The molecule has 1 aromatic heterocycles. The van der Waals surface area contributed by atoms with E-state index in [2.05, 4.69) is 20.6 Å². The fourth-order valence-electron chi connectivity index (χ4n) is 3.89. The largest absolute Gasteiger partial charge is 0.492 e. The van der Waals surface area contributed by atoms with Crippen molar-refractivity contribution in [1.82, 2.24) is 19.8 Å². The van der Waals surface area contributed by atoms with Crippen LogP contribution in [-0.2, 0) is 14.4 Å². The smallest absolute Gasteiger partial charge is 0.317 e.